The first-order valence-electron chi connectivity index (χ1n) is 3.88. The second-order valence-corrected chi connectivity index (χ2v) is 3.12. The van der Waals surface area contributed by atoms with E-state index in [0.717, 1.165) is 6.07 Å². The molecule has 1 atom stereocenters. The molecular weight excluding hydrogens is 198 g/mol. The molecule has 0 fully saturated rings. The number of aliphatic hydroxyl groups excluding tert-OH is 1. The average Bonchev–Trinajstić information content (AvgIpc) is 2.10. The van der Waals surface area contributed by atoms with E-state index in [9.17, 15) is 13.9 Å². The highest BCUT2D eigenvalue weighted by atomic mass is 35.5. The Labute approximate surface area is 80.0 Å². The maximum atomic E-state index is 13.0. The van der Waals surface area contributed by atoms with E-state index in [1.54, 1.807) is 6.92 Å². The molecule has 0 saturated heterocycles. The second kappa shape index (κ2) is 4.03. The number of benzene rings is 1. The van der Waals surface area contributed by atoms with Gasteiger partial charge in [0.25, 0.3) is 0 Å². The van der Waals surface area contributed by atoms with Gasteiger partial charge in [-0.3, -0.25) is 0 Å². The molecule has 1 aromatic carbocycles. The molecule has 0 aliphatic heterocycles. The van der Waals surface area contributed by atoms with E-state index < -0.39 is 17.7 Å². The molecule has 0 amide bonds. The number of hydrogen-bond donors (Lipinski definition) is 1. The van der Waals surface area contributed by atoms with Crippen LogP contribution < -0.4 is 0 Å². The summed E-state index contributed by atoms with van der Waals surface area (Å²) in [6, 6.07) is 1.79. The first kappa shape index (κ1) is 10.4. The minimum atomic E-state index is -0.932. The highest BCUT2D eigenvalue weighted by molar-refractivity contribution is 6.30. The summed E-state index contributed by atoms with van der Waals surface area (Å²) in [6.45, 7) is 1.70. The Morgan fingerprint density at radius 2 is 2.00 bits per heavy atom. The van der Waals surface area contributed by atoms with E-state index in [-0.39, 0.29) is 10.6 Å². The minimum Gasteiger partial charge on any atom is -0.388 e. The molecule has 1 N–H and O–H groups in total. The predicted molar refractivity (Wildman–Crippen MR) is 46.6 cm³/mol. The van der Waals surface area contributed by atoms with Gasteiger partial charge in [-0.05, 0) is 12.5 Å². The summed E-state index contributed by atoms with van der Waals surface area (Å²) in [5.41, 5.74) is 0.0360. The van der Waals surface area contributed by atoms with Crippen LogP contribution in [0.5, 0.6) is 0 Å². The molecule has 0 heterocycles. The Bertz CT molecular complexity index is 315. The number of hydrogen-bond acceptors (Lipinski definition) is 1. The molecule has 0 radical (unpaired) electrons. The topological polar surface area (TPSA) is 20.2 Å². The molecule has 0 aliphatic rings. The Balaban J connectivity index is 3.15. The lowest BCUT2D eigenvalue weighted by Crippen LogP contribution is -2.00. The van der Waals surface area contributed by atoms with Crippen molar-refractivity contribution in [3.05, 3.63) is 34.4 Å². The zero-order chi connectivity index (χ0) is 10.0. The highest BCUT2D eigenvalue weighted by Gasteiger charge is 2.14. The van der Waals surface area contributed by atoms with Gasteiger partial charge < -0.3 is 5.11 Å². The molecule has 0 aromatic heterocycles. The zero-order valence-electron chi connectivity index (χ0n) is 7.02. The summed E-state index contributed by atoms with van der Waals surface area (Å²) < 4.78 is 25.7. The molecule has 1 rings (SSSR count). The van der Waals surface area contributed by atoms with Gasteiger partial charge in [0.2, 0.25) is 0 Å². The van der Waals surface area contributed by atoms with E-state index in [1.165, 1.54) is 0 Å². The Morgan fingerprint density at radius 3 is 2.54 bits per heavy atom. The van der Waals surface area contributed by atoms with Gasteiger partial charge in [0.05, 0.1) is 11.1 Å². The van der Waals surface area contributed by atoms with Gasteiger partial charge in [-0.15, -0.1) is 0 Å². The lowest BCUT2D eigenvalue weighted by molar-refractivity contribution is 0.169. The van der Waals surface area contributed by atoms with E-state index in [4.69, 9.17) is 11.6 Å². The van der Waals surface area contributed by atoms with Crippen molar-refractivity contribution in [1.82, 2.24) is 0 Å². The molecule has 0 bridgehead atoms. The van der Waals surface area contributed by atoms with Crippen LogP contribution >= 0.6 is 11.6 Å². The Morgan fingerprint density at radius 1 is 1.38 bits per heavy atom. The molecule has 1 unspecified atom stereocenters. The quantitative estimate of drug-likeness (QED) is 0.738. The van der Waals surface area contributed by atoms with Gasteiger partial charge in [0, 0.05) is 11.6 Å². The van der Waals surface area contributed by atoms with Crippen LogP contribution in [-0.2, 0) is 0 Å². The van der Waals surface area contributed by atoms with Gasteiger partial charge in [-0.2, -0.15) is 0 Å². The molecule has 1 nitrogen and oxygen atoms in total. The van der Waals surface area contributed by atoms with Crippen molar-refractivity contribution in [3.8, 4) is 0 Å². The summed E-state index contributed by atoms with van der Waals surface area (Å²) in [5, 5.41) is 9.13. The molecule has 0 saturated carbocycles. The standard InChI is InChI=1S/C9H9ClF2O/c1-2-9(13)5-3-6(10)8(12)4-7(5)11/h3-4,9,13H,2H2,1H3. The molecule has 0 spiro atoms. The summed E-state index contributed by atoms with van der Waals surface area (Å²) in [7, 11) is 0. The van der Waals surface area contributed by atoms with Crippen molar-refractivity contribution < 1.29 is 13.9 Å². The molecule has 72 valence electrons. The third-order valence-electron chi connectivity index (χ3n) is 1.79. The Kier molecular flexibility index (Phi) is 3.22. The third kappa shape index (κ3) is 2.17. The van der Waals surface area contributed by atoms with Crippen LogP contribution in [0.15, 0.2) is 12.1 Å². The minimum absolute atomic E-state index is 0.0360. The third-order valence-corrected chi connectivity index (χ3v) is 2.07. The average molecular weight is 207 g/mol. The number of halogens is 3. The maximum Gasteiger partial charge on any atom is 0.144 e. The van der Waals surface area contributed by atoms with Gasteiger partial charge in [-0.25, -0.2) is 8.78 Å². The first-order chi connectivity index (χ1) is 6.06. The molecular formula is C9H9ClF2O. The van der Waals surface area contributed by atoms with Gasteiger partial charge in [-0.1, -0.05) is 18.5 Å². The molecule has 1 aromatic rings. The summed E-state index contributed by atoms with van der Waals surface area (Å²) in [6.07, 6.45) is -0.572. The summed E-state index contributed by atoms with van der Waals surface area (Å²) >= 11 is 5.43. The van der Waals surface area contributed by atoms with Crippen LogP contribution in [0.1, 0.15) is 25.0 Å². The summed E-state index contributed by atoms with van der Waals surface area (Å²) in [4.78, 5) is 0. The normalized spacial score (nSPS) is 13.0. The zero-order valence-corrected chi connectivity index (χ0v) is 7.78. The van der Waals surface area contributed by atoms with Crippen molar-refractivity contribution in [2.45, 2.75) is 19.4 Å². The number of aliphatic hydroxyl groups is 1. The summed E-state index contributed by atoms with van der Waals surface area (Å²) in [5.74, 6) is -1.58. The maximum absolute atomic E-state index is 13.0. The highest BCUT2D eigenvalue weighted by Crippen LogP contribution is 2.25. The van der Waals surface area contributed by atoms with Gasteiger partial charge in [0.1, 0.15) is 11.6 Å². The predicted octanol–water partition coefficient (Wildman–Crippen LogP) is 3.06. The molecule has 4 heteroatoms. The number of rotatable bonds is 2. The van der Waals surface area contributed by atoms with Crippen LogP contribution in [0.4, 0.5) is 8.78 Å². The van der Waals surface area contributed by atoms with Crippen LogP contribution in [0.3, 0.4) is 0 Å². The van der Waals surface area contributed by atoms with Crippen molar-refractivity contribution in [1.29, 1.82) is 0 Å². The van der Waals surface area contributed by atoms with Crippen molar-refractivity contribution >= 4 is 11.6 Å². The fourth-order valence-electron chi connectivity index (χ4n) is 1.01. The fourth-order valence-corrected chi connectivity index (χ4v) is 1.19. The largest absolute Gasteiger partial charge is 0.388 e. The van der Waals surface area contributed by atoms with E-state index >= 15 is 0 Å². The molecule has 0 aliphatic carbocycles. The monoisotopic (exact) mass is 206 g/mol. The van der Waals surface area contributed by atoms with Crippen molar-refractivity contribution in [2.75, 3.05) is 0 Å². The van der Waals surface area contributed by atoms with Gasteiger partial charge >= 0.3 is 0 Å². The first-order valence-corrected chi connectivity index (χ1v) is 4.26. The van der Waals surface area contributed by atoms with Crippen LogP contribution in [-0.4, -0.2) is 5.11 Å². The van der Waals surface area contributed by atoms with E-state index in [2.05, 4.69) is 0 Å². The second-order valence-electron chi connectivity index (χ2n) is 2.71. The smallest absolute Gasteiger partial charge is 0.144 e. The van der Waals surface area contributed by atoms with Crippen molar-refractivity contribution in [2.24, 2.45) is 0 Å². The lowest BCUT2D eigenvalue weighted by Gasteiger charge is -2.09. The molecule has 13 heavy (non-hydrogen) atoms. The Hall–Kier alpha value is -0.670. The van der Waals surface area contributed by atoms with Gasteiger partial charge in [0.15, 0.2) is 0 Å². The van der Waals surface area contributed by atoms with Crippen LogP contribution in [0.2, 0.25) is 5.02 Å². The van der Waals surface area contributed by atoms with Crippen LogP contribution in [0.25, 0.3) is 0 Å². The van der Waals surface area contributed by atoms with E-state index in [0.29, 0.717) is 12.5 Å². The van der Waals surface area contributed by atoms with Crippen LogP contribution in [0, 0.1) is 11.6 Å². The lowest BCUT2D eigenvalue weighted by atomic mass is 10.1. The SMILES string of the molecule is CCC(O)c1cc(Cl)c(F)cc1F. The fraction of sp³-hybridized carbons (Fsp3) is 0.333. The van der Waals surface area contributed by atoms with E-state index in [1.807, 2.05) is 0 Å². The van der Waals surface area contributed by atoms with Crippen molar-refractivity contribution in [3.63, 3.8) is 0 Å².